The topological polar surface area (TPSA) is 43.0 Å². The number of hydrogen-bond acceptors (Lipinski definition) is 5. The van der Waals surface area contributed by atoms with Gasteiger partial charge in [0.1, 0.15) is 12.9 Å². The van der Waals surface area contributed by atoms with E-state index in [0.29, 0.717) is 19.0 Å². The monoisotopic (exact) mass is 276 g/mol. The van der Waals surface area contributed by atoms with E-state index in [9.17, 15) is 0 Å². The fourth-order valence-corrected chi connectivity index (χ4v) is 2.41. The van der Waals surface area contributed by atoms with Crippen LogP contribution < -0.4 is 19.7 Å². The molecule has 0 spiro atoms. The predicted molar refractivity (Wildman–Crippen MR) is 77.4 cm³/mol. The van der Waals surface area contributed by atoms with Gasteiger partial charge < -0.3 is 24.4 Å². The SMILES string of the molecule is CCOCC1=COc2c(cccc2N2CCNCC2)O1. The Morgan fingerprint density at radius 2 is 2.15 bits per heavy atom. The molecule has 1 aromatic carbocycles. The zero-order valence-corrected chi connectivity index (χ0v) is 11.7. The Morgan fingerprint density at radius 3 is 2.95 bits per heavy atom. The van der Waals surface area contributed by atoms with Gasteiger partial charge in [-0.1, -0.05) is 6.07 Å². The van der Waals surface area contributed by atoms with Crippen molar-refractivity contribution in [1.82, 2.24) is 5.32 Å². The minimum Gasteiger partial charge on any atom is -0.455 e. The molecule has 5 nitrogen and oxygen atoms in total. The van der Waals surface area contributed by atoms with Gasteiger partial charge in [0.15, 0.2) is 17.3 Å². The van der Waals surface area contributed by atoms with Gasteiger partial charge in [-0.05, 0) is 19.1 Å². The minimum atomic E-state index is 0.438. The van der Waals surface area contributed by atoms with Gasteiger partial charge in [0.25, 0.3) is 0 Å². The second-order valence-electron chi connectivity index (χ2n) is 4.78. The second kappa shape index (κ2) is 6.15. The van der Waals surface area contributed by atoms with Gasteiger partial charge in [0.2, 0.25) is 0 Å². The molecule has 2 heterocycles. The molecule has 0 saturated carbocycles. The summed E-state index contributed by atoms with van der Waals surface area (Å²) < 4.78 is 17.0. The number of nitrogens with one attached hydrogen (secondary N) is 1. The van der Waals surface area contributed by atoms with Crippen LogP contribution in [-0.2, 0) is 4.74 Å². The average molecular weight is 276 g/mol. The number of benzene rings is 1. The first-order valence-corrected chi connectivity index (χ1v) is 7.08. The Bertz CT molecular complexity index is 496. The number of hydrogen-bond donors (Lipinski definition) is 1. The van der Waals surface area contributed by atoms with Crippen LogP contribution in [-0.4, -0.2) is 39.4 Å². The Balaban J connectivity index is 1.78. The zero-order valence-electron chi connectivity index (χ0n) is 11.7. The van der Waals surface area contributed by atoms with Crippen LogP contribution in [0.1, 0.15) is 6.92 Å². The molecule has 1 saturated heterocycles. The number of ether oxygens (including phenoxy) is 3. The van der Waals surface area contributed by atoms with Gasteiger partial charge in [-0.15, -0.1) is 0 Å². The smallest absolute Gasteiger partial charge is 0.192 e. The van der Waals surface area contributed by atoms with E-state index in [0.717, 1.165) is 43.4 Å². The maximum absolute atomic E-state index is 5.83. The van der Waals surface area contributed by atoms with Crippen molar-refractivity contribution in [2.75, 3.05) is 44.3 Å². The van der Waals surface area contributed by atoms with E-state index >= 15 is 0 Å². The van der Waals surface area contributed by atoms with Crippen molar-refractivity contribution in [2.45, 2.75) is 6.92 Å². The summed E-state index contributed by atoms with van der Waals surface area (Å²) in [4.78, 5) is 2.32. The van der Waals surface area contributed by atoms with Crippen LogP contribution in [0.15, 0.2) is 30.2 Å². The molecule has 0 radical (unpaired) electrons. The second-order valence-corrected chi connectivity index (χ2v) is 4.78. The molecule has 5 heteroatoms. The van der Waals surface area contributed by atoms with E-state index in [1.165, 1.54) is 0 Å². The standard InChI is InChI=1S/C15H20N2O3/c1-2-18-10-12-11-19-15-13(4-3-5-14(15)20-12)17-8-6-16-7-9-17/h3-5,11,16H,2,6-10H2,1H3. The van der Waals surface area contributed by atoms with E-state index in [1.807, 2.05) is 19.1 Å². The molecule has 0 bridgehead atoms. The lowest BCUT2D eigenvalue weighted by Gasteiger charge is -2.32. The fraction of sp³-hybridized carbons (Fsp3) is 0.467. The Morgan fingerprint density at radius 1 is 1.30 bits per heavy atom. The lowest BCUT2D eigenvalue weighted by molar-refractivity contribution is 0.136. The van der Waals surface area contributed by atoms with Gasteiger partial charge in [-0.25, -0.2) is 0 Å². The van der Waals surface area contributed by atoms with Crippen LogP contribution >= 0.6 is 0 Å². The van der Waals surface area contributed by atoms with E-state index in [1.54, 1.807) is 6.26 Å². The van der Waals surface area contributed by atoms with Crippen LogP contribution in [0.3, 0.4) is 0 Å². The van der Waals surface area contributed by atoms with Gasteiger partial charge in [-0.3, -0.25) is 0 Å². The highest BCUT2D eigenvalue weighted by Gasteiger charge is 2.22. The summed E-state index contributed by atoms with van der Waals surface area (Å²) in [7, 11) is 0. The van der Waals surface area contributed by atoms with Crippen molar-refractivity contribution >= 4 is 5.69 Å². The largest absolute Gasteiger partial charge is 0.455 e. The van der Waals surface area contributed by atoms with E-state index < -0.39 is 0 Å². The van der Waals surface area contributed by atoms with Gasteiger partial charge in [-0.2, -0.15) is 0 Å². The highest BCUT2D eigenvalue weighted by atomic mass is 16.6. The molecule has 1 fully saturated rings. The Hall–Kier alpha value is -1.72. The first-order valence-electron chi connectivity index (χ1n) is 7.08. The molecule has 20 heavy (non-hydrogen) atoms. The summed E-state index contributed by atoms with van der Waals surface area (Å²) in [5.74, 6) is 2.27. The quantitative estimate of drug-likeness (QED) is 0.907. The van der Waals surface area contributed by atoms with Crippen LogP contribution in [0.25, 0.3) is 0 Å². The minimum absolute atomic E-state index is 0.438. The average Bonchev–Trinajstić information content (AvgIpc) is 2.53. The summed E-state index contributed by atoms with van der Waals surface area (Å²) >= 11 is 0. The van der Waals surface area contributed by atoms with Crippen LogP contribution in [0.5, 0.6) is 11.5 Å². The van der Waals surface area contributed by atoms with E-state index in [4.69, 9.17) is 14.2 Å². The normalized spacial score (nSPS) is 17.9. The lowest BCUT2D eigenvalue weighted by atomic mass is 10.2. The number of rotatable bonds is 4. The van der Waals surface area contributed by atoms with Crippen LogP contribution in [0.2, 0.25) is 0 Å². The summed E-state index contributed by atoms with van der Waals surface area (Å²) in [6.45, 7) is 7.01. The Labute approximate surface area is 119 Å². The van der Waals surface area contributed by atoms with Crippen molar-refractivity contribution in [3.05, 3.63) is 30.2 Å². The maximum Gasteiger partial charge on any atom is 0.192 e. The third-order valence-electron chi connectivity index (χ3n) is 3.41. The first-order chi connectivity index (χ1) is 9.88. The molecule has 3 rings (SSSR count). The molecule has 108 valence electrons. The molecule has 2 aliphatic rings. The molecule has 0 aliphatic carbocycles. The molecule has 2 aliphatic heterocycles. The predicted octanol–water partition coefficient (Wildman–Crippen LogP) is 1.75. The van der Waals surface area contributed by atoms with E-state index in [-0.39, 0.29) is 0 Å². The summed E-state index contributed by atoms with van der Waals surface area (Å²) in [6, 6.07) is 6.01. The van der Waals surface area contributed by atoms with E-state index in [2.05, 4.69) is 16.3 Å². The fourth-order valence-electron chi connectivity index (χ4n) is 2.41. The highest BCUT2D eigenvalue weighted by molar-refractivity contribution is 5.66. The number of anilines is 1. The molecule has 1 aromatic rings. The number of nitrogens with zero attached hydrogens (tertiary/aromatic N) is 1. The third-order valence-corrected chi connectivity index (χ3v) is 3.41. The summed E-state index contributed by atoms with van der Waals surface area (Å²) in [5.41, 5.74) is 1.09. The summed E-state index contributed by atoms with van der Waals surface area (Å²) in [5, 5.41) is 3.35. The molecule has 1 N–H and O–H groups in total. The number of para-hydroxylation sites is 1. The van der Waals surface area contributed by atoms with Crippen molar-refractivity contribution < 1.29 is 14.2 Å². The first kappa shape index (κ1) is 13.3. The Kier molecular flexibility index (Phi) is 4.08. The lowest BCUT2D eigenvalue weighted by Crippen LogP contribution is -2.43. The van der Waals surface area contributed by atoms with Crippen LogP contribution in [0, 0.1) is 0 Å². The zero-order chi connectivity index (χ0) is 13.8. The maximum atomic E-state index is 5.83. The highest BCUT2D eigenvalue weighted by Crippen LogP contribution is 2.41. The van der Waals surface area contributed by atoms with Gasteiger partial charge in [0.05, 0.1) is 5.69 Å². The van der Waals surface area contributed by atoms with Crippen molar-refractivity contribution in [1.29, 1.82) is 0 Å². The molecule has 0 amide bonds. The number of fused-ring (bicyclic) bond motifs is 1. The molecular formula is C15H20N2O3. The van der Waals surface area contributed by atoms with Crippen LogP contribution in [0.4, 0.5) is 5.69 Å². The molecule has 0 atom stereocenters. The number of piperazine rings is 1. The van der Waals surface area contributed by atoms with Crippen molar-refractivity contribution in [3.63, 3.8) is 0 Å². The summed E-state index contributed by atoms with van der Waals surface area (Å²) in [6.07, 6.45) is 1.64. The molecule has 0 aromatic heterocycles. The van der Waals surface area contributed by atoms with Crippen molar-refractivity contribution in [2.24, 2.45) is 0 Å². The molecular weight excluding hydrogens is 256 g/mol. The third kappa shape index (κ3) is 2.73. The van der Waals surface area contributed by atoms with Gasteiger partial charge >= 0.3 is 0 Å². The molecule has 0 unspecified atom stereocenters. The van der Waals surface area contributed by atoms with Gasteiger partial charge in [0, 0.05) is 32.8 Å². The van der Waals surface area contributed by atoms with Crippen molar-refractivity contribution in [3.8, 4) is 11.5 Å².